The Bertz CT molecular complexity index is 1160. The molecule has 0 spiro atoms. The third-order valence-electron chi connectivity index (χ3n) is 5.98. The van der Waals surface area contributed by atoms with Crippen LogP contribution in [-0.2, 0) is 0 Å². The highest BCUT2D eigenvalue weighted by Crippen LogP contribution is 2.14. The molecule has 174 valence electrons. The first-order chi connectivity index (χ1) is 16.5. The van der Waals surface area contributed by atoms with E-state index in [9.17, 15) is 14.4 Å². The van der Waals surface area contributed by atoms with Gasteiger partial charge >= 0.3 is 0 Å². The lowest BCUT2D eigenvalue weighted by molar-refractivity contribution is 0.0882. The van der Waals surface area contributed by atoms with E-state index in [2.05, 4.69) is 20.9 Å². The zero-order valence-electron chi connectivity index (χ0n) is 19.1. The van der Waals surface area contributed by atoms with Crippen molar-refractivity contribution in [1.29, 1.82) is 0 Å². The first kappa shape index (κ1) is 23.3. The Morgan fingerprint density at radius 2 is 1.47 bits per heavy atom. The van der Waals surface area contributed by atoms with Crippen LogP contribution in [0.5, 0.6) is 0 Å². The lowest BCUT2D eigenvalue weighted by Crippen LogP contribution is -2.54. The third kappa shape index (κ3) is 5.74. The number of hydrogen-bond acceptors (Lipinski definition) is 5. The van der Waals surface area contributed by atoms with Gasteiger partial charge in [-0.3, -0.25) is 19.4 Å². The van der Waals surface area contributed by atoms with Crippen LogP contribution in [0, 0.1) is 6.92 Å². The minimum absolute atomic E-state index is 0.0793. The van der Waals surface area contributed by atoms with Crippen molar-refractivity contribution >= 4 is 17.6 Å². The lowest BCUT2D eigenvalue weighted by atomic mass is 10.00. The molecule has 3 aromatic rings. The van der Waals surface area contributed by atoms with E-state index in [1.165, 1.54) is 0 Å². The fourth-order valence-electron chi connectivity index (χ4n) is 4.11. The molecule has 7 nitrogen and oxygen atoms in total. The van der Waals surface area contributed by atoms with E-state index in [0.29, 0.717) is 28.8 Å². The number of carbonyl (C=O) groups is 3. The summed E-state index contributed by atoms with van der Waals surface area (Å²) in [6.07, 6.45) is 4.78. The van der Waals surface area contributed by atoms with E-state index in [0.717, 1.165) is 24.9 Å². The standard InChI is InChI=1S/C27H28N4O3/c1-18-4-2-5-22(16-18)25(32)19-7-9-20(10-8-19)26(33)30-23-6-3-13-29-17-24(23)31-27(34)21-11-14-28-15-12-21/h2,4-5,7-12,14-16,23-24,29H,3,6,13,17H2,1H3,(H,30,33)(H,31,34)/t23-,24-/m1/s1. The molecule has 3 N–H and O–H groups in total. The molecular weight excluding hydrogens is 428 g/mol. The van der Waals surface area contributed by atoms with Crippen LogP contribution in [0.1, 0.15) is 55.0 Å². The summed E-state index contributed by atoms with van der Waals surface area (Å²) in [5, 5.41) is 9.44. The zero-order chi connectivity index (χ0) is 23.9. The molecule has 0 radical (unpaired) electrons. The molecule has 1 aliphatic rings. The topological polar surface area (TPSA) is 100 Å². The van der Waals surface area contributed by atoms with Gasteiger partial charge in [0, 0.05) is 41.2 Å². The number of nitrogens with one attached hydrogen (secondary N) is 3. The summed E-state index contributed by atoms with van der Waals surface area (Å²) in [7, 11) is 0. The van der Waals surface area contributed by atoms with Crippen molar-refractivity contribution < 1.29 is 14.4 Å². The Kier molecular flexibility index (Phi) is 7.44. The molecule has 0 unspecified atom stereocenters. The van der Waals surface area contributed by atoms with Gasteiger partial charge in [0.25, 0.3) is 11.8 Å². The fourth-order valence-corrected chi connectivity index (χ4v) is 4.11. The molecule has 2 aromatic carbocycles. The van der Waals surface area contributed by atoms with Crippen molar-refractivity contribution in [2.45, 2.75) is 31.8 Å². The summed E-state index contributed by atoms with van der Waals surface area (Å²) in [6.45, 7) is 3.33. The zero-order valence-corrected chi connectivity index (χ0v) is 19.1. The van der Waals surface area contributed by atoms with Gasteiger partial charge in [0.1, 0.15) is 0 Å². The summed E-state index contributed by atoms with van der Waals surface area (Å²) >= 11 is 0. The number of carbonyl (C=O) groups excluding carboxylic acids is 3. The first-order valence-corrected chi connectivity index (χ1v) is 11.4. The van der Waals surface area contributed by atoms with E-state index in [1.54, 1.807) is 54.9 Å². The Morgan fingerprint density at radius 1 is 0.824 bits per heavy atom. The molecule has 2 amide bonds. The average Bonchev–Trinajstić information content (AvgIpc) is 3.09. The molecule has 1 saturated heterocycles. The number of benzene rings is 2. The molecule has 4 rings (SSSR count). The Hall–Kier alpha value is -3.84. The second kappa shape index (κ2) is 10.9. The van der Waals surface area contributed by atoms with Crippen LogP contribution in [0.2, 0.25) is 0 Å². The number of rotatable bonds is 6. The smallest absolute Gasteiger partial charge is 0.251 e. The number of aromatic nitrogens is 1. The van der Waals surface area contributed by atoms with Gasteiger partial charge in [-0.1, -0.05) is 35.9 Å². The average molecular weight is 457 g/mol. The second-order valence-electron chi connectivity index (χ2n) is 8.52. The van der Waals surface area contributed by atoms with Crippen LogP contribution in [0.3, 0.4) is 0 Å². The van der Waals surface area contributed by atoms with E-state index in [1.807, 2.05) is 25.1 Å². The number of pyridine rings is 1. The van der Waals surface area contributed by atoms with Crippen LogP contribution >= 0.6 is 0 Å². The van der Waals surface area contributed by atoms with Gasteiger partial charge < -0.3 is 16.0 Å². The molecule has 0 aliphatic carbocycles. The van der Waals surface area contributed by atoms with Crippen LogP contribution in [0.4, 0.5) is 0 Å². The number of ketones is 1. The van der Waals surface area contributed by atoms with Crippen molar-refractivity contribution in [1.82, 2.24) is 20.9 Å². The molecule has 1 aliphatic heterocycles. The summed E-state index contributed by atoms with van der Waals surface area (Å²) in [6, 6.07) is 17.0. The van der Waals surface area contributed by atoms with Crippen LogP contribution in [0.25, 0.3) is 0 Å². The summed E-state index contributed by atoms with van der Waals surface area (Å²) in [4.78, 5) is 42.3. The van der Waals surface area contributed by atoms with Gasteiger partial charge in [-0.2, -0.15) is 0 Å². The Labute approximate surface area is 199 Å². The molecular formula is C27H28N4O3. The highest BCUT2D eigenvalue weighted by molar-refractivity contribution is 6.09. The maximum atomic E-state index is 13.0. The van der Waals surface area contributed by atoms with E-state index < -0.39 is 0 Å². The van der Waals surface area contributed by atoms with Crippen molar-refractivity contribution in [3.63, 3.8) is 0 Å². The summed E-state index contributed by atoms with van der Waals surface area (Å²) in [5.74, 6) is -0.511. The molecule has 7 heteroatoms. The highest BCUT2D eigenvalue weighted by Gasteiger charge is 2.27. The van der Waals surface area contributed by atoms with Crippen molar-refractivity contribution in [3.05, 3.63) is 101 Å². The molecule has 2 heterocycles. The Balaban J connectivity index is 1.43. The van der Waals surface area contributed by atoms with Crippen molar-refractivity contribution in [2.75, 3.05) is 13.1 Å². The summed E-state index contributed by atoms with van der Waals surface area (Å²) < 4.78 is 0. The van der Waals surface area contributed by atoms with E-state index in [-0.39, 0.29) is 29.7 Å². The number of aryl methyl sites for hydroxylation is 1. The van der Waals surface area contributed by atoms with Crippen LogP contribution in [-0.4, -0.2) is 47.8 Å². The molecule has 2 atom stereocenters. The predicted molar refractivity (Wildman–Crippen MR) is 130 cm³/mol. The van der Waals surface area contributed by atoms with Crippen LogP contribution < -0.4 is 16.0 Å². The second-order valence-corrected chi connectivity index (χ2v) is 8.52. The first-order valence-electron chi connectivity index (χ1n) is 11.4. The molecule has 0 saturated carbocycles. The maximum Gasteiger partial charge on any atom is 0.251 e. The molecule has 34 heavy (non-hydrogen) atoms. The molecule has 0 bridgehead atoms. The number of amides is 2. The molecule has 1 fully saturated rings. The van der Waals surface area contributed by atoms with E-state index in [4.69, 9.17) is 0 Å². The number of nitrogens with zero attached hydrogens (tertiary/aromatic N) is 1. The SMILES string of the molecule is Cc1cccc(C(=O)c2ccc(C(=O)N[C@@H]3CCCNC[C@H]3NC(=O)c3ccncc3)cc2)c1. The number of hydrogen-bond donors (Lipinski definition) is 3. The predicted octanol–water partition coefficient (Wildman–Crippen LogP) is 2.90. The monoisotopic (exact) mass is 456 g/mol. The van der Waals surface area contributed by atoms with Gasteiger partial charge in [0.15, 0.2) is 5.78 Å². The highest BCUT2D eigenvalue weighted by atomic mass is 16.2. The summed E-state index contributed by atoms with van der Waals surface area (Å²) in [5.41, 5.74) is 3.17. The van der Waals surface area contributed by atoms with Gasteiger partial charge in [-0.05, 0) is 56.6 Å². The lowest BCUT2D eigenvalue weighted by Gasteiger charge is -2.27. The van der Waals surface area contributed by atoms with Gasteiger partial charge in [-0.15, -0.1) is 0 Å². The fraction of sp³-hybridized carbons (Fsp3) is 0.259. The van der Waals surface area contributed by atoms with E-state index >= 15 is 0 Å². The van der Waals surface area contributed by atoms with Crippen molar-refractivity contribution in [3.8, 4) is 0 Å². The molecule has 1 aromatic heterocycles. The largest absolute Gasteiger partial charge is 0.347 e. The van der Waals surface area contributed by atoms with Gasteiger partial charge in [0.05, 0.1) is 12.1 Å². The van der Waals surface area contributed by atoms with Crippen molar-refractivity contribution in [2.24, 2.45) is 0 Å². The quantitative estimate of drug-likeness (QED) is 0.495. The van der Waals surface area contributed by atoms with Gasteiger partial charge in [0.2, 0.25) is 0 Å². The minimum Gasteiger partial charge on any atom is -0.347 e. The van der Waals surface area contributed by atoms with Gasteiger partial charge in [-0.25, -0.2) is 0 Å². The third-order valence-corrected chi connectivity index (χ3v) is 5.98. The van der Waals surface area contributed by atoms with Crippen LogP contribution in [0.15, 0.2) is 73.1 Å². The minimum atomic E-state index is -0.255. The Morgan fingerprint density at radius 3 is 2.18 bits per heavy atom. The maximum absolute atomic E-state index is 13.0. The normalized spacial score (nSPS) is 17.9.